The molecule has 0 bridgehead atoms. The highest BCUT2D eigenvalue weighted by atomic mass is 79.9. The maximum atomic E-state index is 13.7. The maximum Gasteiger partial charge on any atom is 0.338 e. The Morgan fingerprint density at radius 3 is 2.50 bits per heavy atom. The lowest BCUT2D eigenvalue weighted by Crippen LogP contribution is -2.39. The molecular formula is C27H22Br2N2O4S. The number of rotatable bonds is 6. The smallest absolute Gasteiger partial charge is 0.338 e. The summed E-state index contributed by atoms with van der Waals surface area (Å²) in [5.41, 5.74) is 3.33. The molecule has 2 heterocycles. The van der Waals surface area contributed by atoms with Crippen molar-refractivity contribution >= 4 is 55.2 Å². The lowest BCUT2D eigenvalue weighted by molar-refractivity contribution is -0.139. The standard InChI is InChI=1S/C27H22Br2N2O4S/c1-5-11-35-24-19(28)12-17(13-20(24)29)14-21-25(32)31-23(18-9-7-15(3)8-10-18)22(26(33)34-6-2)16(4)30-27(31)36-21/h1,7-10,12-14,23H,6,11H2,2-4H3/b21-14+/t23-/m0/s1. The van der Waals surface area contributed by atoms with E-state index in [0.717, 1.165) is 16.7 Å². The van der Waals surface area contributed by atoms with Crippen LogP contribution in [0.2, 0.25) is 0 Å². The zero-order valence-electron chi connectivity index (χ0n) is 19.8. The molecule has 1 aromatic heterocycles. The van der Waals surface area contributed by atoms with E-state index in [-0.39, 0.29) is 18.8 Å². The predicted octanol–water partition coefficient (Wildman–Crippen LogP) is 4.64. The summed E-state index contributed by atoms with van der Waals surface area (Å²) in [6, 6.07) is 10.8. The van der Waals surface area contributed by atoms with Crippen molar-refractivity contribution < 1.29 is 14.3 Å². The molecule has 1 atom stereocenters. The summed E-state index contributed by atoms with van der Waals surface area (Å²) in [7, 11) is 0. The second-order valence-corrected chi connectivity index (χ2v) is 10.7. The van der Waals surface area contributed by atoms with Crippen LogP contribution < -0.4 is 19.6 Å². The minimum Gasteiger partial charge on any atom is -0.479 e. The Labute approximate surface area is 229 Å². The molecule has 6 nitrogen and oxygen atoms in total. The summed E-state index contributed by atoms with van der Waals surface area (Å²) in [5, 5.41) is 0. The first-order chi connectivity index (χ1) is 17.2. The highest BCUT2D eigenvalue weighted by Gasteiger charge is 2.33. The van der Waals surface area contributed by atoms with Gasteiger partial charge in [0.1, 0.15) is 12.4 Å². The minimum atomic E-state index is -0.638. The fourth-order valence-electron chi connectivity index (χ4n) is 3.92. The molecule has 0 amide bonds. The van der Waals surface area contributed by atoms with Crippen LogP contribution in [0.1, 0.15) is 36.6 Å². The molecule has 0 unspecified atom stereocenters. The molecule has 2 aromatic carbocycles. The number of hydrogen-bond acceptors (Lipinski definition) is 6. The summed E-state index contributed by atoms with van der Waals surface area (Å²) in [6.07, 6.45) is 7.09. The molecule has 0 spiro atoms. The van der Waals surface area contributed by atoms with Gasteiger partial charge in [-0.1, -0.05) is 47.1 Å². The number of carbonyl (C=O) groups excluding carboxylic acids is 1. The number of ether oxygens (including phenoxy) is 2. The number of esters is 1. The number of allylic oxidation sites excluding steroid dienone is 1. The topological polar surface area (TPSA) is 69.9 Å². The number of aryl methyl sites for hydroxylation is 1. The van der Waals surface area contributed by atoms with E-state index in [2.05, 4.69) is 42.8 Å². The Kier molecular flexibility index (Phi) is 7.98. The molecular weight excluding hydrogens is 608 g/mol. The van der Waals surface area contributed by atoms with Crippen LogP contribution in [-0.4, -0.2) is 23.8 Å². The number of fused-ring (bicyclic) bond motifs is 1. The predicted molar refractivity (Wildman–Crippen MR) is 148 cm³/mol. The Bertz CT molecular complexity index is 1570. The Morgan fingerprint density at radius 2 is 1.89 bits per heavy atom. The van der Waals surface area contributed by atoms with Gasteiger partial charge < -0.3 is 9.47 Å². The number of carbonyl (C=O) groups is 1. The van der Waals surface area contributed by atoms with Crippen LogP contribution >= 0.6 is 43.2 Å². The Balaban J connectivity index is 1.89. The molecule has 184 valence electrons. The summed E-state index contributed by atoms with van der Waals surface area (Å²) < 4.78 is 14.4. The van der Waals surface area contributed by atoms with E-state index in [0.29, 0.717) is 35.3 Å². The monoisotopic (exact) mass is 628 g/mol. The molecule has 0 radical (unpaired) electrons. The summed E-state index contributed by atoms with van der Waals surface area (Å²) >= 11 is 8.29. The molecule has 0 N–H and O–H groups in total. The zero-order valence-corrected chi connectivity index (χ0v) is 23.8. The number of terminal acetylenes is 1. The zero-order chi connectivity index (χ0) is 26.0. The van der Waals surface area contributed by atoms with Crippen molar-refractivity contribution in [1.82, 2.24) is 4.57 Å². The summed E-state index contributed by atoms with van der Waals surface area (Å²) in [5.74, 6) is 2.55. The van der Waals surface area contributed by atoms with E-state index >= 15 is 0 Å². The number of hydrogen-bond donors (Lipinski definition) is 0. The van der Waals surface area contributed by atoms with Crippen molar-refractivity contribution in [1.29, 1.82) is 0 Å². The third kappa shape index (κ3) is 5.12. The van der Waals surface area contributed by atoms with Crippen LogP contribution in [-0.2, 0) is 9.53 Å². The van der Waals surface area contributed by atoms with Gasteiger partial charge in [-0.05, 0) is 82.0 Å². The molecule has 1 aliphatic rings. The first-order valence-electron chi connectivity index (χ1n) is 11.1. The first-order valence-corrected chi connectivity index (χ1v) is 13.5. The fourth-order valence-corrected chi connectivity index (χ4v) is 6.42. The van der Waals surface area contributed by atoms with E-state index in [9.17, 15) is 9.59 Å². The molecule has 1 aliphatic heterocycles. The number of thiazole rings is 1. The second-order valence-electron chi connectivity index (χ2n) is 8.02. The third-order valence-electron chi connectivity index (χ3n) is 5.53. The van der Waals surface area contributed by atoms with Crippen molar-refractivity contribution in [2.75, 3.05) is 13.2 Å². The van der Waals surface area contributed by atoms with E-state index < -0.39 is 12.0 Å². The van der Waals surface area contributed by atoms with Gasteiger partial charge in [-0.15, -0.1) is 6.42 Å². The van der Waals surface area contributed by atoms with Crippen LogP contribution in [0.5, 0.6) is 5.75 Å². The van der Waals surface area contributed by atoms with Gasteiger partial charge in [-0.25, -0.2) is 9.79 Å². The summed E-state index contributed by atoms with van der Waals surface area (Å²) in [6.45, 7) is 5.88. The molecule has 0 fully saturated rings. The minimum absolute atomic E-state index is 0.135. The van der Waals surface area contributed by atoms with E-state index in [1.165, 1.54) is 11.3 Å². The van der Waals surface area contributed by atoms with Crippen molar-refractivity contribution in [2.24, 2.45) is 4.99 Å². The second kappa shape index (κ2) is 11.0. The molecule has 36 heavy (non-hydrogen) atoms. The molecule has 0 aliphatic carbocycles. The lowest BCUT2D eigenvalue weighted by atomic mass is 9.95. The maximum absolute atomic E-state index is 13.7. The highest BCUT2D eigenvalue weighted by molar-refractivity contribution is 9.11. The van der Waals surface area contributed by atoms with Crippen LogP contribution in [0.4, 0.5) is 0 Å². The molecule has 0 saturated heterocycles. The Morgan fingerprint density at radius 1 is 1.22 bits per heavy atom. The molecule has 0 saturated carbocycles. The highest BCUT2D eigenvalue weighted by Crippen LogP contribution is 2.35. The largest absolute Gasteiger partial charge is 0.479 e. The normalized spacial score (nSPS) is 15.2. The Hall–Kier alpha value is -2.93. The van der Waals surface area contributed by atoms with Gasteiger partial charge in [0, 0.05) is 0 Å². The number of aromatic nitrogens is 1. The molecule has 9 heteroatoms. The van der Waals surface area contributed by atoms with Crippen LogP contribution in [0, 0.1) is 19.3 Å². The van der Waals surface area contributed by atoms with Gasteiger partial charge >= 0.3 is 5.97 Å². The van der Waals surface area contributed by atoms with Gasteiger partial charge in [0.05, 0.1) is 37.4 Å². The number of nitrogens with zero attached hydrogens (tertiary/aromatic N) is 2. The quantitative estimate of drug-likeness (QED) is 0.294. The van der Waals surface area contributed by atoms with Crippen LogP contribution in [0.3, 0.4) is 0 Å². The number of benzene rings is 2. The molecule has 3 aromatic rings. The average molecular weight is 630 g/mol. The van der Waals surface area contributed by atoms with Crippen molar-refractivity contribution in [3.8, 4) is 18.1 Å². The van der Waals surface area contributed by atoms with Gasteiger partial charge in [0.15, 0.2) is 4.80 Å². The fraction of sp³-hybridized carbons (Fsp3) is 0.222. The van der Waals surface area contributed by atoms with Gasteiger partial charge in [-0.2, -0.15) is 0 Å². The summed E-state index contributed by atoms with van der Waals surface area (Å²) in [4.78, 5) is 31.8. The third-order valence-corrected chi connectivity index (χ3v) is 7.69. The van der Waals surface area contributed by atoms with Crippen molar-refractivity contribution in [2.45, 2.75) is 26.8 Å². The van der Waals surface area contributed by atoms with Crippen LogP contribution in [0.15, 0.2) is 66.4 Å². The van der Waals surface area contributed by atoms with Crippen molar-refractivity contribution in [3.63, 3.8) is 0 Å². The van der Waals surface area contributed by atoms with E-state index in [4.69, 9.17) is 15.9 Å². The lowest BCUT2D eigenvalue weighted by Gasteiger charge is -2.24. The van der Waals surface area contributed by atoms with Gasteiger partial charge in [-0.3, -0.25) is 9.36 Å². The number of halogens is 2. The molecule has 4 rings (SSSR count). The van der Waals surface area contributed by atoms with E-state index in [1.807, 2.05) is 43.3 Å². The average Bonchev–Trinajstić information content (AvgIpc) is 3.12. The van der Waals surface area contributed by atoms with Gasteiger partial charge in [0.25, 0.3) is 5.56 Å². The van der Waals surface area contributed by atoms with E-state index in [1.54, 1.807) is 24.5 Å². The van der Waals surface area contributed by atoms with Crippen molar-refractivity contribution in [3.05, 3.63) is 93.0 Å². The first kappa shape index (κ1) is 26.1. The van der Waals surface area contributed by atoms with Crippen LogP contribution in [0.25, 0.3) is 6.08 Å². The SMILES string of the molecule is C#CCOc1c(Br)cc(/C=c2/sc3n(c2=O)[C@@H](c2ccc(C)cc2)C(C(=O)OCC)=C(C)N=3)cc1Br. The van der Waals surface area contributed by atoms with Gasteiger partial charge in [0.2, 0.25) is 0 Å².